The van der Waals surface area contributed by atoms with Crippen LogP contribution in [0.1, 0.15) is 37.0 Å². The van der Waals surface area contributed by atoms with Gasteiger partial charge in [0.05, 0.1) is 12.2 Å². The van der Waals surface area contributed by atoms with E-state index in [1.54, 1.807) is 24.3 Å². The monoisotopic (exact) mass is 364 g/mol. The summed E-state index contributed by atoms with van der Waals surface area (Å²) in [6.07, 6.45) is 1.61. The lowest BCUT2D eigenvalue weighted by Gasteiger charge is -2.39. The highest BCUT2D eigenvalue weighted by Crippen LogP contribution is 2.23. The smallest absolute Gasteiger partial charge is 0.253 e. The molecule has 2 aliphatic heterocycles. The van der Waals surface area contributed by atoms with E-state index in [9.17, 15) is 9.59 Å². The topological polar surface area (TPSA) is 49.9 Å². The Labute approximate surface area is 153 Å². The van der Waals surface area contributed by atoms with Gasteiger partial charge in [-0.25, -0.2) is 0 Å². The van der Waals surface area contributed by atoms with E-state index in [1.807, 2.05) is 23.6 Å². The third kappa shape index (κ3) is 4.33. The van der Waals surface area contributed by atoms with Gasteiger partial charge < -0.3 is 14.5 Å². The minimum Gasteiger partial charge on any atom is -0.372 e. The van der Waals surface area contributed by atoms with Gasteiger partial charge in [0.2, 0.25) is 5.91 Å². The molecule has 0 spiro atoms. The van der Waals surface area contributed by atoms with Crippen molar-refractivity contribution < 1.29 is 14.3 Å². The molecular weight excluding hydrogens is 340 g/mol. The fourth-order valence-electron chi connectivity index (χ4n) is 3.72. The number of halogens is 1. The molecule has 0 unspecified atom stereocenters. The van der Waals surface area contributed by atoms with Gasteiger partial charge in [-0.15, -0.1) is 0 Å². The Hall–Kier alpha value is -1.59. The average molecular weight is 365 g/mol. The van der Waals surface area contributed by atoms with E-state index in [-0.39, 0.29) is 29.9 Å². The van der Waals surface area contributed by atoms with E-state index < -0.39 is 0 Å². The summed E-state index contributed by atoms with van der Waals surface area (Å²) in [7, 11) is 0. The van der Waals surface area contributed by atoms with Gasteiger partial charge >= 0.3 is 0 Å². The summed E-state index contributed by atoms with van der Waals surface area (Å²) < 4.78 is 5.70. The molecule has 25 heavy (non-hydrogen) atoms. The molecule has 2 saturated heterocycles. The van der Waals surface area contributed by atoms with Crippen LogP contribution in [0.5, 0.6) is 0 Å². The highest BCUT2D eigenvalue weighted by Gasteiger charge is 2.33. The maximum Gasteiger partial charge on any atom is 0.253 e. The molecule has 3 rings (SSSR count). The van der Waals surface area contributed by atoms with Crippen molar-refractivity contribution in [3.63, 3.8) is 0 Å². The van der Waals surface area contributed by atoms with Crippen molar-refractivity contribution in [2.75, 3.05) is 26.2 Å². The second kappa shape index (κ2) is 7.75. The molecule has 6 heteroatoms. The van der Waals surface area contributed by atoms with Crippen molar-refractivity contribution in [2.24, 2.45) is 5.92 Å². The lowest BCUT2D eigenvalue weighted by atomic mass is 9.94. The number of likely N-dealkylation sites (tertiary alicyclic amines) is 1. The zero-order valence-electron chi connectivity index (χ0n) is 14.8. The van der Waals surface area contributed by atoms with Crippen molar-refractivity contribution in [3.05, 3.63) is 34.9 Å². The molecule has 2 amide bonds. The summed E-state index contributed by atoms with van der Waals surface area (Å²) in [5.41, 5.74) is 0.644. The second-order valence-corrected chi connectivity index (χ2v) is 7.51. The maximum absolute atomic E-state index is 12.8. The first kappa shape index (κ1) is 18.2. The molecular formula is C19H25ClN2O3. The zero-order chi connectivity index (χ0) is 18.0. The molecule has 136 valence electrons. The Kier molecular flexibility index (Phi) is 5.64. The largest absolute Gasteiger partial charge is 0.372 e. The van der Waals surface area contributed by atoms with Crippen LogP contribution in [0.25, 0.3) is 0 Å². The van der Waals surface area contributed by atoms with Gasteiger partial charge in [-0.1, -0.05) is 11.6 Å². The van der Waals surface area contributed by atoms with Gasteiger partial charge in [-0.05, 0) is 51.0 Å². The van der Waals surface area contributed by atoms with Crippen LogP contribution in [-0.2, 0) is 9.53 Å². The summed E-state index contributed by atoms with van der Waals surface area (Å²) in [6, 6.07) is 6.95. The first-order valence-corrected chi connectivity index (χ1v) is 9.31. The Balaban J connectivity index is 1.55. The van der Waals surface area contributed by atoms with Crippen molar-refractivity contribution in [1.29, 1.82) is 0 Å². The number of carbonyl (C=O) groups excluding carboxylic acids is 2. The fourth-order valence-corrected chi connectivity index (χ4v) is 3.85. The molecule has 1 aromatic rings. The highest BCUT2D eigenvalue weighted by molar-refractivity contribution is 6.30. The lowest BCUT2D eigenvalue weighted by Crippen LogP contribution is -2.51. The van der Waals surface area contributed by atoms with Crippen molar-refractivity contribution in [3.8, 4) is 0 Å². The molecule has 2 fully saturated rings. The molecule has 0 bridgehead atoms. The molecule has 2 heterocycles. The molecule has 0 N–H and O–H groups in total. The highest BCUT2D eigenvalue weighted by atomic mass is 35.5. The van der Waals surface area contributed by atoms with Crippen LogP contribution in [-0.4, -0.2) is 60.0 Å². The Bertz CT molecular complexity index is 616. The predicted octanol–water partition coefficient (Wildman–Crippen LogP) is 2.83. The summed E-state index contributed by atoms with van der Waals surface area (Å²) in [5.74, 6) is 0.226. The van der Waals surface area contributed by atoms with Crippen LogP contribution in [0.2, 0.25) is 5.02 Å². The van der Waals surface area contributed by atoms with Crippen LogP contribution >= 0.6 is 11.6 Å². The van der Waals surface area contributed by atoms with Crippen molar-refractivity contribution in [1.82, 2.24) is 9.80 Å². The van der Waals surface area contributed by atoms with E-state index in [0.29, 0.717) is 36.8 Å². The van der Waals surface area contributed by atoms with Gasteiger partial charge in [0.25, 0.3) is 5.91 Å². The van der Waals surface area contributed by atoms with E-state index in [1.165, 1.54) is 0 Å². The third-order valence-electron chi connectivity index (χ3n) is 4.95. The number of nitrogens with zero attached hydrogens (tertiary/aromatic N) is 2. The Morgan fingerprint density at radius 3 is 2.12 bits per heavy atom. The average Bonchev–Trinajstić information content (AvgIpc) is 2.60. The van der Waals surface area contributed by atoms with Crippen molar-refractivity contribution in [2.45, 2.75) is 38.9 Å². The van der Waals surface area contributed by atoms with Crippen LogP contribution in [0.4, 0.5) is 0 Å². The van der Waals surface area contributed by atoms with Crippen LogP contribution in [0, 0.1) is 5.92 Å². The minimum atomic E-state index is 0.00627. The number of hydrogen-bond acceptors (Lipinski definition) is 3. The molecule has 0 aromatic heterocycles. The Morgan fingerprint density at radius 1 is 1.00 bits per heavy atom. The van der Waals surface area contributed by atoms with Crippen LogP contribution in [0.15, 0.2) is 24.3 Å². The summed E-state index contributed by atoms with van der Waals surface area (Å²) in [5, 5.41) is 0.620. The standard InChI is InChI=1S/C19H25ClN2O3/c1-13-11-22(12-14(2)25-13)19(24)16-7-9-21(10-8-16)18(23)15-3-5-17(20)6-4-15/h3-6,13-14,16H,7-12H2,1-2H3/t13-,14-/m0/s1. The number of benzene rings is 1. The number of rotatable bonds is 2. The molecule has 0 radical (unpaired) electrons. The number of piperidine rings is 1. The number of amides is 2. The lowest BCUT2D eigenvalue weighted by molar-refractivity contribution is -0.148. The number of carbonyl (C=O) groups is 2. The number of ether oxygens (including phenoxy) is 1. The van der Waals surface area contributed by atoms with Gasteiger partial charge in [-0.3, -0.25) is 9.59 Å². The minimum absolute atomic E-state index is 0.00627. The fraction of sp³-hybridized carbons (Fsp3) is 0.579. The van der Waals surface area contributed by atoms with E-state index in [2.05, 4.69) is 0 Å². The number of hydrogen-bond donors (Lipinski definition) is 0. The summed E-state index contributed by atoms with van der Waals surface area (Å²) >= 11 is 5.87. The molecule has 1 aromatic carbocycles. The normalized spacial score (nSPS) is 25.1. The summed E-state index contributed by atoms with van der Waals surface area (Å²) in [4.78, 5) is 29.1. The van der Waals surface area contributed by atoms with Crippen molar-refractivity contribution >= 4 is 23.4 Å². The van der Waals surface area contributed by atoms with Gasteiger partial charge in [0, 0.05) is 42.7 Å². The zero-order valence-corrected chi connectivity index (χ0v) is 15.5. The summed E-state index contributed by atoms with van der Waals surface area (Å²) in [6.45, 7) is 6.56. The first-order valence-electron chi connectivity index (χ1n) is 8.93. The molecule has 2 aliphatic rings. The van der Waals surface area contributed by atoms with Gasteiger partial charge in [-0.2, -0.15) is 0 Å². The number of morpholine rings is 1. The third-order valence-corrected chi connectivity index (χ3v) is 5.21. The Morgan fingerprint density at radius 2 is 1.56 bits per heavy atom. The molecule has 2 atom stereocenters. The first-order chi connectivity index (χ1) is 11.9. The van der Waals surface area contributed by atoms with Crippen LogP contribution < -0.4 is 0 Å². The van der Waals surface area contributed by atoms with Gasteiger partial charge in [0.15, 0.2) is 0 Å². The maximum atomic E-state index is 12.8. The molecule has 0 aliphatic carbocycles. The van der Waals surface area contributed by atoms with E-state index in [0.717, 1.165) is 12.8 Å². The SMILES string of the molecule is C[C@H]1CN(C(=O)C2CCN(C(=O)c3ccc(Cl)cc3)CC2)C[C@H](C)O1. The predicted molar refractivity (Wildman–Crippen MR) is 96.7 cm³/mol. The van der Waals surface area contributed by atoms with E-state index >= 15 is 0 Å². The molecule has 0 saturated carbocycles. The molecule has 5 nitrogen and oxygen atoms in total. The second-order valence-electron chi connectivity index (χ2n) is 7.07. The van der Waals surface area contributed by atoms with E-state index in [4.69, 9.17) is 16.3 Å². The van der Waals surface area contributed by atoms with Gasteiger partial charge in [0.1, 0.15) is 0 Å². The quantitative estimate of drug-likeness (QED) is 0.810. The van der Waals surface area contributed by atoms with Crippen LogP contribution in [0.3, 0.4) is 0 Å².